The van der Waals surface area contributed by atoms with Crippen LogP contribution in [0.3, 0.4) is 0 Å². The lowest BCUT2D eigenvalue weighted by Crippen LogP contribution is -2.04. The molecule has 2 rings (SSSR count). The van der Waals surface area contributed by atoms with Gasteiger partial charge < -0.3 is 5.73 Å². The van der Waals surface area contributed by atoms with Crippen LogP contribution in [0, 0.1) is 18.6 Å². The van der Waals surface area contributed by atoms with Gasteiger partial charge in [-0.05, 0) is 43.1 Å². The molecule has 0 bridgehead atoms. The van der Waals surface area contributed by atoms with Crippen molar-refractivity contribution in [2.45, 2.75) is 24.0 Å². The van der Waals surface area contributed by atoms with Crippen LogP contribution < -0.4 is 5.73 Å². The maximum atomic E-state index is 13.9. The van der Waals surface area contributed by atoms with Crippen molar-refractivity contribution in [3.8, 4) is 0 Å². The molecule has 2 aromatic rings. The molecule has 0 aliphatic rings. The average Bonchev–Trinajstić information content (AvgIpc) is 2.38. The van der Waals surface area contributed by atoms with Crippen LogP contribution >= 0.6 is 11.8 Å². The third-order valence-electron chi connectivity index (χ3n) is 2.96. The molecule has 20 heavy (non-hydrogen) atoms. The minimum atomic E-state index is -0.508. The molecule has 0 saturated heterocycles. The Morgan fingerprint density at radius 1 is 1.05 bits per heavy atom. The van der Waals surface area contributed by atoms with Gasteiger partial charge in [0.15, 0.2) is 0 Å². The van der Waals surface area contributed by atoms with Crippen LogP contribution in [0.5, 0.6) is 0 Å². The summed E-state index contributed by atoms with van der Waals surface area (Å²) in [6.07, 6.45) is 0.483. The molecule has 0 aliphatic carbocycles. The normalized spacial score (nSPS) is 10.8. The number of aryl methyl sites for hydroxylation is 1. The first kappa shape index (κ1) is 15.0. The Hall–Kier alpha value is -1.39. The Labute approximate surface area is 122 Å². The highest BCUT2D eigenvalue weighted by atomic mass is 32.2. The Kier molecular flexibility index (Phi) is 5.15. The van der Waals surface area contributed by atoms with Crippen LogP contribution in [-0.4, -0.2) is 6.54 Å². The lowest BCUT2D eigenvalue weighted by Gasteiger charge is -2.08. The van der Waals surface area contributed by atoms with Crippen LogP contribution in [-0.2, 0) is 12.2 Å². The predicted octanol–water partition coefficient (Wildman–Crippen LogP) is 4.07. The summed E-state index contributed by atoms with van der Waals surface area (Å²) in [5.41, 5.74) is 8.19. The topological polar surface area (TPSA) is 26.0 Å². The predicted molar refractivity (Wildman–Crippen MR) is 79.9 cm³/mol. The van der Waals surface area contributed by atoms with Gasteiger partial charge in [0, 0.05) is 5.75 Å². The molecule has 0 radical (unpaired) electrons. The number of hydrogen-bond acceptors (Lipinski definition) is 2. The molecule has 0 aliphatic heterocycles. The quantitative estimate of drug-likeness (QED) is 0.841. The van der Waals surface area contributed by atoms with Gasteiger partial charge in [0.05, 0.1) is 4.90 Å². The van der Waals surface area contributed by atoms with Crippen molar-refractivity contribution in [2.75, 3.05) is 6.54 Å². The highest BCUT2D eigenvalue weighted by molar-refractivity contribution is 7.98. The van der Waals surface area contributed by atoms with Gasteiger partial charge in [-0.2, -0.15) is 0 Å². The Morgan fingerprint density at radius 2 is 1.75 bits per heavy atom. The summed E-state index contributed by atoms with van der Waals surface area (Å²) in [5, 5.41) is 0. The van der Waals surface area contributed by atoms with Crippen LogP contribution in [0.2, 0.25) is 0 Å². The molecule has 0 heterocycles. The van der Waals surface area contributed by atoms with Crippen molar-refractivity contribution in [1.29, 1.82) is 0 Å². The smallest absolute Gasteiger partial charge is 0.140 e. The summed E-state index contributed by atoms with van der Waals surface area (Å²) < 4.78 is 27.8. The molecule has 0 fully saturated rings. The van der Waals surface area contributed by atoms with E-state index in [1.807, 2.05) is 31.2 Å². The fourth-order valence-corrected chi connectivity index (χ4v) is 2.90. The van der Waals surface area contributed by atoms with Crippen molar-refractivity contribution in [2.24, 2.45) is 5.73 Å². The molecule has 0 atom stereocenters. The van der Waals surface area contributed by atoms with E-state index in [0.717, 1.165) is 11.1 Å². The van der Waals surface area contributed by atoms with Crippen molar-refractivity contribution in [1.82, 2.24) is 0 Å². The molecule has 4 heteroatoms. The average molecular weight is 293 g/mol. The summed E-state index contributed by atoms with van der Waals surface area (Å²) >= 11 is 1.18. The number of rotatable bonds is 5. The van der Waals surface area contributed by atoms with Gasteiger partial charge in [-0.1, -0.05) is 29.8 Å². The zero-order valence-electron chi connectivity index (χ0n) is 11.3. The van der Waals surface area contributed by atoms with Gasteiger partial charge in [0.1, 0.15) is 11.6 Å². The minimum Gasteiger partial charge on any atom is -0.330 e. The minimum absolute atomic E-state index is 0.0762. The highest BCUT2D eigenvalue weighted by Crippen LogP contribution is 2.29. The molecule has 2 aromatic carbocycles. The molecular formula is C16H17F2NS. The van der Waals surface area contributed by atoms with Crippen molar-refractivity contribution < 1.29 is 8.78 Å². The van der Waals surface area contributed by atoms with E-state index < -0.39 is 11.6 Å². The molecular weight excluding hydrogens is 276 g/mol. The van der Waals surface area contributed by atoms with Gasteiger partial charge in [-0.3, -0.25) is 0 Å². The lowest BCUT2D eigenvalue weighted by molar-refractivity contribution is 0.537. The molecule has 0 unspecified atom stereocenters. The summed E-state index contributed by atoms with van der Waals surface area (Å²) in [4.78, 5) is 0.0762. The van der Waals surface area contributed by atoms with E-state index >= 15 is 0 Å². The molecule has 1 nitrogen and oxygen atoms in total. The Bertz CT molecular complexity index is 576. The number of nitrogens with two attached hydrogens (primary N) is 1. The molecule has 0 saturated carbocycles. The standard InChI is InChI=1S/C16H17F2NS/c1-11-3-2-4-13(7-11)10-20-16-14(17)8-12(5-6-19)9-15(16)18/h2-4,7-9H,5-6,10,19H2,1H3. The van der Waals surface area contributed by atoms with Crippen molar-refractivity contribution >= 4 is 11.8 Å². The third-order valence-corrected chi connectivity index (χ3v) is 4.11. The van der Waals surface area contributed by atoms with E-state index in [-0.39, 0.29) is 4.90 Å². The van der Waals surface area contributed by atoms with Gasteiger partial charge in [-0.25, -0.2) is 8.78 Å². The first-order chi connectivity index (χ1) is 9.60. The van der Waals surface area contributed by atoms with Crippen molar-refractivity contribution in [3.63, 3.8) is 0 Å². The fourth-order valence-electron chi connectivity index (χ4n) is 2.02. The van der Waals surface area contributed by atoms with Gasteiger partial charge in [-0.15, -0.1) is 11.8 Å². The zero-order valence-corrected chi connectivity index (χ0v) is 12.1. The molecule has 2 N–H and O–H groups in total. The second kappa shape index (κ2) is 6.86. The second-order valence-corrected chi connectivity index (χ2v) is 5.69. The maximum absolute atomic E-state index is 13.9. The molecule has 0 aromatic heterocycles. The van der Waals surface area contributed by atoms with E-state index in [1.54, 1.807) is 0 Å². The zero-order chi connectivity index (χ0) is 14.5. The van der Waals surface area contributed by atoms with Gasteiger partial charge in [0.25, 0.3) is 0 Å². The van der Waals surface area contributed by atoms with Gasteiger partial charge >= 0.3 is 0 Å². The number of thioether (sulfide) groups is 1. The summed E-state index contributed by atoms with van der Waals surface area (Å²) in [6.45, 7) is 2.38. The third kappa shape index (κ3) is 3.81. The van der Waals surface area contributed by atoms with Crippen LogP contribution in [0.15, 0.2) is 41.3 Å². The number of halogens is 2. The first-order valence-corrected chi connectivity index (χ1v) is 7.45. The lowest BCUT2D eigenvalue weighted by atomic mass is 10.1. The van der Waals surface area contributed by atoms with Crippen molar-refractivity contribution in [3.05, 3.63) is 64.7 Å². The van der Waals surface area contributed by atoms with Crippen LogP contribution in [0.4, 0.5) is 8.78 Å². The fraction of sp³-hybridized carbons (Fsp3) is 0.250. The molecule has 106 valence electrons. The first-order valence-electron chi connectivity index (χ1n) is 6.46. The summed E-state index contributed by atoms with van der Waals surface area (Å²) in [5.74, 6) is -0.469. The molecule has 0 spiro atoms. The largest absolute Gasteiger partial charge is 0.330 e. The van der Waals surface area contributed by atoms with E-state index in [0.29, 0.717) is 24.3 Å². The SMILES string of the molecule is Cc1cccc(CSc2c(F)cc(CCN)cc2F)c1. The van der Waals surface area contributed by atoms with E-state index in [2.05, 4.69) is 0 Å². The summed E-state index contributed by atoms with van der Waals surface area (Å²) in [7, 11) is 0. The van der Waals surface area contributed by atoms with Gasteiger partial charge in [0.2, 0.25) is 0 Å². The monoisotopic (exact) mass is 293 g/mol. The second-order valence-electron chi connectivity index (χ2n) is 4.70. The Balaban J connectivity index is 2.13. The highest BCUT2D eigenvalue weighted by Gasteiger charge is 2.12. The Morgan fingerprint density at radius 3 is 2.35 bits per heavy atom. The van der Waals surface area contributed by atoms with E-state index in [1.165, 1.54) is 23.9 Å². The van der Waals surface area contributed by atoms with Crippen LogP contribution in [0.1, 0.15) is 16.7 Å². The molecule has 0 amide bonds. The van der Waals surface area contributed by atoms with E-state index in [9.17, 15) is 8.78 Å². The summed E-state index contributed by atoms with van der Waals surface area (Å²) in [6, 6.07) is 10.7. The number of benzene rings is 2. The maximum Gasteiger partial charge on any atom is 0.140 e. The van der Waals surface area contributed by atoms with Crippen LogP contribution in [0.25, 0.3) is 0 Å². The number of hydrogen-bond donors (Lipinski definition) is 1. The van der Waals surface area contributed by atoms with E-state index in [4.69, 9.17) is 5.73 Å².